The van der Waals surface area contributed by atoms with Gasteiger partial charge in [0.25, 0.3) is 5.91 Å². The monoisotopic (exact) mass is 498 g/mol. The Bertz CT molecular complexity index is 1270. The summed E-state index contributed by atoms with van der Waals surface area (Å²) in [6.45, 7) is -0.105. The highest BCUT2D eigenvalue weighted by atomic mass is 79.9. The second-order valence-corrected chi connectivity index (χ2v) is 9.21. The summed E-state index contributed by atoms with van der Waals surface area (Å²) in [5.41, 5.74) is 6.48. The topological polar surface area (TPSA) is 98.3 Å². The van der Waals surface area contributed by atoms with E-state index in [4.69, 9.17) is 5.73 Å². The van der Waals surface area contributed by atoms with E-state index in [2.05, 4.69) is 21.0 Å². The van der Waals surface area contributed by atoms with Crippen LogP contribution in [-0.2, 0) is 22.6 Å². The summed E-state index contributed by atoms with van der Waals surface area (Å²) >= 11 is 3.15. The van der Waals surface area contributed by atoms with Crippen LogP contribution in [0.5, 0.6) is 0 Å². The number of primary amides is 1. The molecule has 0 unspecified atom stereocenters. The fraction of sp³-hybridized carbons (Fsp3) is 0.304. The Hall–Kier alpha value is -3.07. The minimum absolute atomic E-state index is 0.0289. The van der Waals surface area contributed by atoms with Gasteiger partial charge < -0.3 is 10.6 Å². The molecular weight excluding hydrogens is 479 g/mol. The molecule has 1 saturated carbocycles. The van der Waals surface area contributed by atoms with Crippen LogP contribution in [0.2, 0.25) is 0 Å². The number of carbonyl (C=O) groups excluding carboxylic acids is 3. The quantitative estimate of drug-likeness (QED) is 0.564. The molecule has 1 saturated heterocycles. The molecule has 0 radical (unpaired) electrons. The number of benzene rings is 2. The van der Waals surface area contributed by atoms with Gasteiger partial charge in [0.1, 0.15) is 12.4 Å². The predicted molar refractivity (Wildman–Crippen MR) is 118 cm³/mol. The number of aromatic nitrogens is 2. The third-order valence-corrected chi connectivity index (χ3v) is 6.95. The molecule has 3 atom stereocenters. The van der Waals surface area contributed by atoms with Gasteiger partial charge in [-0.3, -0.25) is 19.1 Å². The molecule has 2 aliphatic rings. The molecule has 1 aliphatic carbocycles. The first kappa shape index (κ1) is 20.8. The van der Waals surface area contributed by atoms with Crippen LogP contribution < -0.4 is 5.73 Å². The van der Waals surface area contributed by atoms with Gasteiger partial charge in [-0.25, -0.2) is 4.39 Å². The summed E-state index contributed by atoms with van der Waals surface area (Å²) in [5.74, 6) is -1.24. The third kappa shape index (κ3) is 3.50. The smallest absolute Gasteiger partial charge is 0.269 e. The molecule has 7 nitrogen and oxygen atoms in total. The third-order valence-electron chi connectivity index (χ3n) is 6.34. The van der Waals surface area contributed by atoms with Crippen molar-refractivity contribution in [2.75, 3.05) is 0 Å². The van der Waals surface area contributed by atoms with Gasteiger partial charge in [-0.05, 0) is 52.4 Å². The molecule has 0 bridgehead atoms. The van der Waals surface area contributed by atoms with E-state index in [-0.39, 0.29) is 36.4 Å². The molecule has 2 aromatic carbocycles. The van der Waals surface area contributed by atoms with Crippen LogP contribution in [0.4, 0.5) is 4.39 Å². The van der Waals surface area contributed by atoms with E-state index < -0.39 is 17.8 Å². The van der Waals surface area contributed by atoms with Crippen LogP contribution >= 0.6 is 15.9 Å². The van der Waals surface area contributed by atoms with E-state index in [1.54, 1.807) is 47.4 Å². The zero-order valence-corrected chi connectivity index (χ0v) is 18.6. The lowest BCUT2D eigenvalue weighted by molar-refractivity contribution is -0.139. The zero-order chi connectivity index (χ0) is 22.6. The fourth-order valence-corrected chi connectivity index (χ4v) is 5.14. The summed E-state index contributed by atoms with van der Waals surface area (Å²) < 4.78 is 16.1. The highest BCUT2D eigenvalue weighted by Crippen LogP contribution is 2.48. The molecule has 9 heteroatoms. The number of ketones is 1. The normalized spacial score (nSPS) is 21.6. The molecule has 1 aromatic heterocycles. The number of likely N-dealkylation sites (tertiary alicyclic amines) is 1. The number of hydrogen-bond donors (Lipinski definition) is 1. The van der Waals surface area contributed by atoms with E-state index in [9.17, 15) is 18.8 Å². The maximum atomic E-state index is 14.4. The van der Waals surface area contributed by atoms with E-state index in [0.717, 1.165) is 6.42 Å². The number of halogens is 2. The van der Waals surface area contributed by atoms with Crippen molar-refractivity contribution >= 4 is 44.4 Å². The van der Waals surface area contributed by atoms with Crippen LogP contribution in [-0.4, -0.2) is 44.4 Å². The summed E-state index contributed by atoms with van der Waals surface area (Å²) in [7, 11) is 0. The predicted octanol–water partition coefficient (Wildman–Crippen LogP) is 2.84. The highest BCUT2D eigenvalue weighted by molar-refractivity contribution is 9.10. The summed E-state index contributed by atoms with van der Waals surface area (Å²) in [6.07, 6.45) is 1.39. The SMILES string of the molecule is NC(=O)c1nn(CC(=O)N2[C@@H]3C[C@@H]3C[C@H]2C(=O)Cc2cccc(Br)c2F)c2ccccc12. The minimum atomic E-state index is -0.667. The molecule has 32 heavy (non-hydrogen) atoms. The number of nitrogens with zero attached hydrogens (tertiary/aromatic N) is 3. The molecule has 1 aliphatic heterocycles. The Morgan fingerprint density at radius 1 is 1.12 bits per heavy atom. The number of fused-ring (bicyclic) bond motifs is 2. The van der Waals surface area contributed by atoms with Crippen molar-refractivity contribution in [3.8, 4) is 0 Å². The van der Waals surface area contributed by atoms with Crippen LogP contribution in [0, 0.1) is 11.7 Å². The molecule has 2 heterocycles. The maximum absolute atomic E-state index is 14.4. The summed E-state index contributed by atoms with van der Waals surface area (Å²) in [6, 6.07) is 11.4. The molecule has 164 valence electrons. The van der Waals surface area contributed by atoms with Crippen molar-refractivity contribution in [1.29, 1.82) is 0 Å². The van der Waals surface area contributed by atoms with Crippen LogP contribution in [0.3, 0.4) is 0 Å². The van der Waals surface area contributed by atoms with Crippen molar-refractivity contribution in [2.45, 2.75) is 37.9 Å². The van der Waals surface area contributed by atoms with Gasteiger partial charge in [0, 0.05) is 17.8 Å². The lowest BCUT2D eigenvalue weighted by Crippen LogP contribution is -2.45. The number of para-hydroxylation sites is 1. The highest BCUT2D eigenvalue weighted by Gasteiger charge is 2.55. The van der Waals surface area contributed by atoms with Crippen LogP contribution in [0.15, 0.2) is 46.9 Å². The van der Waals surface area contributed by atoms with E-state index in [1.165, 1.54) is 4.68 Å². The van der Waals surface area contributed by atoms with Crippen molar-refractivity contribution < 1.29 is 18.8 Å². The van der Waals surface area contributed by atoms with Gasteiger partial charge in [-0.1, -0.05) is 30.3 Å². The molecule has 2 N–H and O–H groups in total. The number of Topliss-reactive ketones (excluding diaryl/α,β-unsaturated/α-hetero) is 1. The van der Waals surface area contributed by atoms with Crippen LogP contribution in [0.25, 0.3) is 10.9 Å². The van der Waals surface area contributed by atoms with E-state index >= 15 is 0 Å². The van der Waals surface area contributed by atoms with Crippen molar-refractivity contribution in [2.24, 2.45) is 11.7 Å². The Morgan fingerprint density at radius 2 is 1.91 bits per heavy atom. The first-order chi connectivity index (χ1) is 15.3. The molecule has 5 rings (SSSR count). The van der Waals surface area contributed by atoms with Crippen molar-refractivity contribution in [3.63, 3.8) is 0 Å². The van der Waals surface area contributed by atoms with E-state index in [1.807, 2.05) is 0 Å². The molecule has 2 amide bonds. The Balaban J connectivity index is 1.39. The van der Waals surface area contributed by atoms with Gasteiger partial charge in [0.05, 0.1) is 16.0 Å². The second-order valence-electron chi connectivity index (χ2n) is 8.36. The lowest BCUT2D eigenvalue weighted by atomic mass is 10.00. The minimum Gasteiger partial charge on any atom is -0.364 e. The lowest BCUT2D eigenvalue weighted by Gasteiger charge is -2.27. The van der Waals surface area contributed by atoms with Gasteiger partial charge >= 0.3 is 0 Å². The van der Waals surface area contributed by atoms with Crippen molar-refractivity contribution in [3.05, 3.63) is 64.0 Å². The summed E-state index contributed by atoms with van der Waals surface area (Å²) in [4.78, 5) is 39.7. The van der Waals surface area contributed by atoms with Crippen LogP contribution in [0.1, 0.15) is 28.9 Å². The molecule has 0 spiro atoms. The first-order valence-electron chi connectivity index (χ1n) is 10.4. The number of rotatable bonds is 6. The fourth-order valence-electron chi connectivity index (χ4n) is 4.73. The Kier molecular flexibility index (Phi) is 5.08. The summed E-state index contributed by atoms with van der Waals surface area (Å²) in [5, 5.41) is 4.83. The van der Waals surface area contributed by atoms with E-state index in [0.29, 0.717) is 33.3 Å². The van der Waals surface area contributed by atoms with Gasteiger partial charge in [-0.15, -0.1) is 0 Å². The zero-order valence-electron chi connectivity index (χ0n) is 17.0. The van der Waals surface area contributed by atoms with Gasteiger partial charge in [0.2, 0.25) is 5.91 Å². The number of nitrogens with two attached hydrogens (primary N) is 1. The average molecular weight is 499 g/mol. The number of hydrogen-bond acceptors (Lipinski definition) is 4. The Labute approximate surface area is 191 Å². The molecule has 2 fully saturated rings. The molecule has 3 aromatic rings. The average Bonchev–Trinajstić information content (AvgIpc) is 3.27. The largest absolute Gasteiger partial charge is 0.364 e. The number of carbonyl (C=O) groups is 3. The molecular formula is C23H20BrFN4O3. The second kappa shape index (κ2) is 7.81. The van der Waals surface area contributed by atoms with Gasteiger partial charge in [0.15, 0.2) is 11.5 Å². The number of piperidine rings is 1. The first-order valence-corrected chi connectivity index (χ1v) is 11.2. The van der Waals surface area contributed by atoms with Crippen molar-refractivity contribution in [1.82, 2.24) is 14.7 Å². The maximum Gasteiger partial charge on any atom is 0.269 e. The Morgan fingerprint density at radius 3 is 2.69 bits per heavy atom. The number of amides is 2. The standard InChI is InChI=1S/C23H20BrFN4O3/c24-15-6-3-4-12(21(15)25)10-19(30)18-9-13-8-17(13)29(18)20(31)11-28-16-7-2-1-5-14(16)22(27-28)23(26)32/h1-7,13,17-18H,8-11H2,(H2,26,32)/t13-,17-,18+/m1/s1. The van der Waals surface area contributed by atoms with Gasteiger partial charge in [-0.2, -0.15) is 5.10 Å².